The number of carboxylic acid groups (broad SMARTS) is 1. The number of aliphatic carboxylic acids is 1. The smallest absolute Gasteiger partial charge is 0.326 e. The van der Waals surface area contributed by atoms with Crippen molar-refractivity contribution in [1.82, 2.24) is 5.32 Å². The van der Waals surface area contributed by atoms with Crippen LogP contribution < -0.4 is 5.32 Å². The molecule has 1 amide bonds. The van der Waals surface area contributed by atoms with Crippen molar-refractivity contribution in [2.24, 2.45) is 0 Å². The highest BCUT2D eigenvalue weighted by molar-refractivity contribution is 9.10. The molecule has 0 heterocycles. The molecule has 1 aromatic carbocycles. The van der Waals surface area contributed by atoms with Gasteiger partial charge in [-0.15, -0.1) is 0 Å². The molecule has 1 aromatic rings. The van der Waals surface area contributed by atoms with Crippen molar-refractivity contribution in [2.45, 2.75) is 12.5 Å². The molecule has 0 radical (unpaired) electrons. The minimum Gasteiger partial charge on any atom is -0.507 e. The fourth-order valence-corrected chi connectivity index (χ4v) is 1.73. The Hall–Kier alpha value is -2.09. The summed E-state index contributed by atoms with van der Waals surface area (Å²) in [7, 11) is 1.11. The van der Waals surface area contributed by atoms with Crippen molar-refractivity contribution in [3.05, 3.63) is 28.2 Å². The van der Waals surface area contributed by atoms with Crippen LogP contribution in [0.4, 0.5) is 0 Å². The van der Waals surface area contributed by atoms with E-state index in [1.807, 2.05) is 0 Å². The predicted molar refractivity (Wildman–Crippen MR) is 71.3 cm³/mol. The molecule has 7 nitrogen and oxygen atoms in total. The lowest BCUT2D eigenvalue weighted by Crippen LogP contribution is -2.42. The summed E-state index contributed by atoms with van der Waals surface area (Å²) in [5.74, 6) is -3.25. The van der Waals surface area contributed by atoms with Gasteiger partial charge in [-0.25, -0.2) is 4.79 Å². The highest BCUT2D eigenvalue weighted by Gasteiger charge is 2.25. The van der Waals surface area contributed by atoms with Gasteiger partial charge in [0.2, 0.25) is 0 Å². The van der Waals surface area contributed by atoms with Gasteiger partial charge in [0.1, 0.15) is 11.8 Å². The largest absolute Gasteiger partial charge is 0.507 e. The normalized spacial score (nSPS) is 11.5. The zero-order chi connectivity index (χ0) is 15.3. The molecule has 0 bridgehead atoms. The average Bonchev–Trinajstić information content (AvgIpc) is 2.37. The van der Waals surface area contributed by atoms with Crippen LogP contribution in [0.5, 0.6) is 5.75 Å². The number of aromatic hydroxyl groups is 1. The van der Waals surface area contributed by atoms with Gasteiger partial charge in [-0.3, -0.25) is 9.59 Å². The van der Waals surface area contributed by atoms with Crippen LogP contribution in [0.15, 0.2) is 22.7 Å². The lowest BCUT2D eigenvalue weighted by molar-refractivity contribution is -0.147. The molecule has 0 aliphatic carbocycles. The second-order valence-electron chi connectivity index (χ2n) is 3.81. The van der Waals surface area contributed by atoms with Crippen molar-refractivity contribution >= 4 is 33.8 Å². The number of carbonyl (C=O) groups is 3. The van der Waals surface area contributed by atoms with E-state index in [-0.39, 0.29) is 11.3 Å². The molecule has 0 fully saturated rings. The van der Waals surface area contributed by atoms with Crippen molar-refractivity contribution in [3.63, 3.8) is 0 Å². The maximum Gasteiger partial charge on any atom is 0.326 e. The molecule has 3 N–H and O–H groups in total. The lowest BCUT2D eigenvalue weighted by atomic mass is 10.1. The number of carbonyl (C=O) groups excluding carboxylic acids is 2. The maximum atomic E-state index is 11.9. The van der Waals surface area contributed by atoms with Crippen LogP contribution in [-0.4, -0.2) is 41.2 Å². The summed E-state index contributed by atoms with van der Waals surface area (Å²) in [5, 5.41) is 20.7. The van der Waals surface area contributed by atoms with Crippen LogP contribution >= 0.6 is 15.9 Å². The number of phenols is 1. The van der Waals surface area contributed by atoms with Gasteiger partial charge in [0.25, 0.3) is 5.91 Å². The van der Waals surface area contributed by atoms with Crippen molar-refractivity contribution in [1.29, 1.82) is 0 Å². The molecule has 1 atom stereocenters. The quantitative estimate of drug-likeness (QED) is 0.683. The Bertz CT molecular complexity index is 545. The van der Waals surface area contributed by atoms with E-state index in [0.717, 1.165) is 7.11 Å². The molecule has 0 spiro atoms. The number of benzene rings is 1. The van der Waals surface area contributed by atoms with Crippen LogP contribution in [0.2, 0.25) is 0 Å². The Labute approximate surface area is 122 Å². The second kappa shape index (κ2) is 6.90. The lowest BCUT2D eigenvalue weighted by Gasteiger charge is -2.14. The third-order valence-electron chi connectivity index (χ3n) is 2.41. The van der Waals surface area contributed by atoms with Gasteiger partial charge in [0.15, 0.2) is 0 Å². The van der Waals surface area contributed by atoms with Gasteiger partial charge in [-0.1, -0.05) is 15.9 Å². The van der Waals surface area contributed by atoms with Gasteiger partial charge >= 0.3 is 11.9 Å². The Balaban J connectivity index is 2.85. The summed E-state index contributed by atoms with van der Waals surface area (Å²) in [4.78, 5) is 33.9. The molecule has 8 heteroatoms. The number of rotatable bonds is 5. The monoisotopic (exact) mass is 345 g/mol. The van der Waals surface area contributed by atoms with Crippen molar-refractivity contribution < 1.29 is 29.3 Å². The van der Waals surface area contributed by atoms with Gasteiger partial charge in [-0.2, -0.15) is 0 Å². The second-order valence-corrected chi connectivity index (χ2v) is 4.72. The molecule has 0 unspecified atom stereocenters. The highest BCUT2D eigenvalue weighted by Crippen LogP contribution is 2.22. The number of esters is 1. The summed E-state index contributed by atoms with van der Waals surface area (Å²) in [6.07, 6.45) is -0.505. The third-order valence-corrected chi connectivity index (χ3v) is 2.90. The van der Waals surface area contributed by atoms with Crippen LogP contribution in [0, 0.1) is 0 Å². The molecule has 0 saturated carbocycles. The first-order valence-corrected chi connectivity index (χ1v) is 6.23. The number of nitrogens with one attached hydrogen (secondary N) is 1. The summed E-state index contributed by atoms with van der Waals surface area (Å²) in [6.45, 7) is 0. The number of methoxy groups -OCH3 is 1. The topological polar surface area (TPSA) is 113 Å². The molecule has 0 aromatic heterocycles. The molecule has 108 valence electrons. The van der Waals surface area contributed by atoms with Crippen LogP contribution in [-0.2, 0) is 14.3 Å². The SMILES string of the molecule is COC(=O)C[C@H](NC(=O)c1ccc(Br)cc1O)C(=O)O. The van der Waals surface area contributed by atoms with E-state index >= 15 is 0 Å². The zero-order valence-corrected chi connectivity index (χ0v) is 12.0. The van der Waals surface area contributed by atoms with Gasteiger partial charge in [0, 0.05) is 4.47 Å². The predicted octanol–water partition coefficient (Wildman–Crippen LogP) is 0.901. The molecular weight excluding hydrogens is 334 g/mol. The van der Waals surface area contributed by atoms with Crippen LogP contribution in [0.1, 0.15) is 16.8 Å². The number of carboxylic acids is 1. The molecule has 0 aliphatic rings. The third kappa shape index (κ3) is 4.23. The van der Waals surface area contributed by atoms with Gasteiger partial charge < -0.3 is 20.3 Å². The number of hydrogen-bond donors (Lipinski definition) is 3. The number of amides is 1. The number of phenolic OH excluding ortho intramolecular Hbond substituents is 1. The zero-order valence-electron chi connectivity index (χ0n) is 10.4. The first kappa shape index (κ1) is 16.0. The molecule has 0 aliphatic heterocycles. The van der Waals surface area contributed by atoms with Crippen LogP contribution in [0.25, 0.3) is 0 Å². The molecule has 0 saturated heterocycles. The van der Waals surface area contributed by atoms with E-state index in [2.05, 4.69) is 26.0 Å². The Morgan fingerprint density at radius 2 is 2.05 bits per heavy atom. The van der Waals surface area contributed by atoms with E-state index in [0.29, 0.717) is 4.47 Å². The first-order chi connectivity index (χ1) is 9.35. The standard InChI is InChI=1S/C12H12BrNO6/c1-20-10(16)5-8(12(18)19)14-11(17)7-3-2-6(13)4-9(7)15/h2-4,8,15H,5H2,1H3,(H,14,17)(H,18,19)/t8-/m0/s1. The van der Waals surface area contributed by atoms with E-state index in [4.69, 9.17) is 5.11 Å². The van der Waals surface area contributed by atoms with E-state index in [1.165, 1.54) is 18.2 Å². The average molecular weight is 346 g/mol. The number of ether oxygens (including phenoxy) is 1. The maximum absolute atomic E-state index is 11.9. The summed E-state index contributed by atoms with van der Waals surface area (Å²) < 4.78 is 4.91. The first-order valence-electron chi connectivity index (χ1n) is 5.44. The Morgan fingerprint density at radius 3 is 2.55 bits per heavy atom. The fraction of sp³-hybridized carbons (Fsp3) is 0.250. The van der Waals surface area contributed by atoms with Crippen molar-refractivity contribution in [2.75, 3.05) is 7.11 Å². The van der Waals surface area contributed by atoms with E-state index < -0.39 is 30.3 Å². The highest BCUT2D eigenvalue weighted by atomic mass is 79.9. The minimum atomic E-state index is -1.43. The number of halogens is 1. The van der Waals surface area contributed by atoms with E-state index in [9.17, 15) is 19.5 Å². The number of hydrogen-bond acceptors (Lipinski definition) is 5. The Morgan fingerprint density at radius 1 is 1.40 bits per heavy atom. The van der Waals surface area contributed by atoms with Crippen molar-refractivity contribution in [3.8, 4) is 5.75 Å². The summed E-state index contributed by atoms with van der Waals surface area (Å²) in [5.41, 5.74) is -0.0932. The summed E-state index contributed by atoms with van der Waals surface area (Å²) >= 11 is 3.11. The fourth-order valence-electron chi connectivity index (χ4n) is 1.38. The molecule has 20 heavy (non-hydrogen) atoms. The van der Waals surface area contributed by atoms with Gasteiger partial charge in [0.05, 0.1) is 19.1 Å². The minimum absolute atomic E-state index is 0.0932. The van der Waals surface area contributed by atoms with Gasteiger partial charge in [-0.05, 0) is 18.2 Å². The molecule has 1 rings (SSSR count). The Kier molecular flexibility index (Phi) is 5.51. The van der Waals surface area contributed by atoms with Crippen LogP contribution in [0.3, 0.4) is 0 Å². The van der Waals surface area contributed by atoms with E-state index in [1.54, 1.807) is 0 Å². The molecular formula is C12H12BrNO6. The summed E-state index contributed by atoms with van der Waals surface area (Å²) in [6, 6.07) is 2.71.